The van der Waals surface area contributed by atoms with Crippen molar-refractivity contribution < 1.29 is 9.84 Å². The molecule has 15 heavy (non-hydrogen) atoms. The van der Waals surface area contributed by atoms with Crippen LogP contribution in [-0.2, 0) is 4.74 Å². The van der Waals surface area contributed by atoms with Crippen molar-refractivity contribution in [2.75, 3.05) is 26.4 Å². The highest BCUT2D eigenvalue weighted by atomic mass is 16.5. The average molecular weight is 213 g/mol. The van der Waals surface area contributed by atoms with Crippen LogP contribution in [0.1, 0.15) is 33.1 Å². The highest BCUT2D eigenvalue weighted by Gasteiger charge is 2.41. The minimum Gasteiger partial charge on any atom is -0.396 e. The normalized spacial score (nSPS) is 36.2. The van der Waals surface area contributed by atoms with Gasteiger partial charge in [0.2, 0.25) is 0 Å². The van der Waals surface area contributed by atoms with Crippen molar-refractivity contribution in [3.8, 4) is 0 Å². The van der Waals surface area contributed by atoms with E-state index in [0.717, 1.165) is 19.8 Å². The molecule has 2 atom stereocenters. The molecule has 2 saturated heterocycles. The van der Waals surface area contributed by atoms with Crippen molar-refractivity contribution in [3.05, 3.63) is 0 Å². The number of ether oxygens (including phenoxy) is 1. The first kappa shape index (κ1) is 11.4. The minimum atomic E-state index is 0.0415. The number of aliphatic hydroxyl groups excluding tert-OH is 1. The summed E-state index contributed by atoms with van der Waals surface area (Å²) in [6.45, 7) is 7.36. The Balaban J connectivity index is 1.96. The van der Waals surface area contributed by atoms with Gasteiger partial charge < -0.3 is 9.84 Å². The molecule has 3 nitrogen and oxygen atoms in total. The van der Waals surface area contributed by atoms with Gasteiger partial charge in [0, 0.05) is 18.6 Å². The summed E-state index contributed by atoms with van der Waals surface area (Å²) in [5, 5.41) is 9.43. The summed E-state index contributed by atoms with van der Waals surface area (Å²) in [4.78, 5) is 2.56. The molecule has 0 bridgehead atoms. The zero-order chi connectivity index (χ0) is 10.9. The van der Waals surface area contributed by atoms with Gasteiger partial charge in [-0.3, -0.25) is 4.90 Å². The standard InChI is InChI=1S/C12H23NO2/c1-10-4-3-5-11(2)13(10)6-12(7-14)8-15-9-12/h10-11,14H,3-9H2,1-2H3. The monoisotopic (exact) mass is 213 g/mol. The number of hydrogen-bond acceptors (Lipinski definition) is 3. The van der Waals surface area contributed by atoms with Crippen molar-refractivity contribution in [2.24, 2.45) is 5.41 Å². The van der Waals surface area contributed by atoms with Crippen LogP contribution in [0.3, 0.4) is 0 Å². The Morgan fingerprint density at radius 2 is 1.87 bits per heavy atom. The summed E-state index contributed by atoms with van der Waals surface area (Å²) in [6.07, 6.45) is 3.95. The van der Waals surface area contributed by atoms with Gasteiger partial charge in [0.1, 0.15) is 0 Å². The van der Waals surface area contributed by atoms with Crippen LogP contribution in [0.5, 0.6) is 0 Å². The fourth-order valence-electron chi connectivity index (χ4n) is 2.80. The van der Waals surface area contributed by atoms with Crippen molar-refractivity contribution in [1.82, 2.24) is 4.90 Å². The summed E-state index contributed by atoms with van der Waals surface area (Å²) in [5.41, 5.74) is 0.0415. The Kier molecular flexibility index (Phi) is 3.33. The molecular weight excluding hydrogens is 190 g/mol. The second-order valence-corrected chi connectivity index (χ2v) is 5.45. The van der Waals surface area contributed by atoms with E-state index in [0.29, 0.717) is 12.1 Å². The third-order valence-corrected chi connectivity index (χ3v) is 4.05. The van der Waals surface area contributed by atoms with E-state index in [1.54, 1.807) is 0 Å². The quantitative estimate of drug-likeness (QED) is 0.766. The van der Waals surface area contributed by atoms with Crippen LogP contribution in [0.4, 0.5) is 0 Å². The van der Waals surface area contributed by atoms with Gasteiger partial charge in [-0.05, 0) is 26.7 Å². The molecule has 1 N–H and O–H groups in total. The van der Waals surface area contributed by atoms with Crippen LogP contribution in [0, 0.1) is 5.41 Å². The lowest BCUT2D eigenvalue weighted by molar-refractivity contribution is -0.157. The van der Waals surface area contributed by atoms with Gasteiger partial charge in [-0.2, -0.15) is 0 Å². The van der Waals surface area contributed by atoms with Gasteiger partial charge in [0.05, 0.1) is 25.2 Å². The predicted molar refractivity (Wildman–Crippen MR) is 59.8 cm³/mol. The van der Waals surface area contributed by atoms with Crippen LogP contribution >= 0.6 is 0 Å². The minimum absolute atomic E-state index is 0.0415. The first-order valence-corrected chi connectivity index (χ1v) is 6.11. The molecule has 0 saturated carbocycles. The molecule has 0 aliphatic carbocycles. The molecule has 0 radical (unpaired) electrons. The van der Waals surface area contributed by atoms with Crippen LogP contribution in [0.15, 0.2) is 0 Å². The second kappa shape index (κ2) is 4.40. The molecule has 2 aliphatic rings. The van der Waals surface area contributed by atoms with Crippen LogP contribution in [-0.4, -0.2) is 48.5 Å². The van der Waals surface area contributed by atoms with E-state index in [-0.39, 0.29) is 12.0 Å². The molecule has 2 aliphatic heterocycles. The average Bonchev–Trinajstić information content (AvgIpc) is 2.15. The molecule has 2 heterocycles. The summed E-state index contributed by atoms with van der Waals surface area (Å²) in [6, 6.07) is 1.33. The van der Waals surface area contributed by atoms with Gasteiger partial charge in [0.15, 0.2) is 0 Å². The number of hydrogen-bond donors (Lipinski definition) is 1. The topological polar surface area (TPSA) is 32.7 Å². The summed E-state index contributed by atoms with van der Waals surface area (Å²) >= 11 is 0. The maximum atomic E-state index is 9.43. The zero-order valence-electron chi connectivity index (χ0n) is 9.91. The summed E-state index contributed by atoms with van der Waals surface area (Å²) < 4.78 is 5.25. The molecule has 0 aromatic carbocycles. The SMILES string of the molecule is CC1CCCC(C)N1CC1(CO)COC1. The third-order valence-electron chi connectivity index (χ3n) is 4.05. The number of aliphatic hydroxyl groups is 1. The molecule has 0 amide bonds. The smallest absolute Gasteiger partial charge is 0.0579 e. The maximum absolute atomic E-state index is 9.43. The first-order valence-electron chi connectivity index (χ1n) is 6.11. The summed E-state index contributed by atoms with van der Waals surface area (Å²) in [7, 11) is 0. The van der Waals surface area contributed by atoms with E-state index in [1.165, 1.54) is 19.3 Å². The molecule has 88 valence electrons. The molecule has 0 aromatic rings. The maximum Gasteiger partial charge on any atom is 0.0579 e. The van der Waals surface area contributed by atoms with E-state index in [2.05, 4.69) is 18.7 Å². The van der Waals surface area contributed by atoms with E-state index < -0.39 is 0 Å². The Labute approximate surface area is 92.4 Å². The van der Waals surface area contributed by atoms with Gasteiger partial charge in [0.25, 0.3) is 0 Å². The number of likely N-dealkylation sites (tertiary alicyclic amines) is 1. The molecule has 2 fully saturated rings. The van der Waals surface area contributed by atoms with E-state index in [4.69, 9.17) is 4.74 Å². The lowest BCUT2D eigenvalue weighted by atomic mass is 9.84. The number of nitrogens with zero attached hydrogens (tertiary/aromatic N) is 1. The van der Waals surface area contributed by atoms with Crippen molar-refractivity contribution in [3.63, 3.8) is 0 Å². The van der Waals surface area contributed by atoms with Gasteiger partial charge in [-0.1, -0.05) is 6.42 Å². The van der Waals surface area contributed by atoms with Crippen LogP contribution < -0.4 is 0 Å². The molecule has 0 aromatic heterocycles. The Morgan fingerprint density at radius 1 is 1.27 bits per heavy atom. The molecule has 2 rings (SSSR count). The Hall–Kier alpha value is -0.120. The van der Waals surface area contributed by atoms with E-state index >= 15 is 0 Å². The molecule has 0 spiro atoms. The van der Waals surface area contributed by atoms with Crippen LogP contribution in [0.25, 0.3) is 0 Å². The second-order valence-electron chi connectivity index (χ2n) is 5.45. The van der Waals surface area contributed by atoms with Gasteiger partial charge in [-0.25, -0.2) is 0 Å². The van der Waals surface area contributed by atoms with Crippen molar-refractivity contribution in [2.45, 2.75) is 45.2 Å². The molecule has 3 heteroatoms. The fourth-order valence-corrected chi connectivity index (χ4v) is 2.80. The number of rotatable bonds is 3. The third kappa shape index (κ3) is 2.19. The lowest BCUT2D eigenvalue weighted by Gasteiger charge is -2.48. The largest absolute Gasteiger partial charge is 0.396 e. The predicted octanol–water partition coefficient (Wildman–Crippen LogP) is 1.26. The first-order chi connectivity index (χ1) is 7.17. The van der Waals surface area contributed by atoms with E-state index in [9.17, 15) is 5.11 Å². The fraction of sp³-hybridized carbons (Fsp3) is 1.00. The van der Waals surface area contributed by atoms with Gasteiger partial charge in [-0.15, -0.1) is 0 Å². The summed E-state index contributed by atoms with van der Waals surface area (Å²) in [5.74, 6) is 0. The highest BCUT2D eigenvalue weighted by Crippen LogP contribution is 2.32. The highest BCUT2D eigenvalue weighted by molar-refractivity contribution is 4.92. The van der Waals surface area contributed by atoms with Crippen molar-refractivity contribution >= 4 is 0 Å². The lowest BCUT2D eigenvalue weighted by Crippen LogP contribution is -2.57. The Morgan fingerprint density at radius 3 is 2.27 bits per heavy atom. The van der Waals surface area contributed by atoms with E-state index in [1.807, 2.05) is 0 Å². The Bertz CT molecular complexity index is 200. The number of piperidine rings is 1. The zero-order valence-corrected chi connectivity index (χ0v) is 9.91. The van der Waals surface area contributed by atoms with Crippen LogP contribution in [0.2, 0.25) is 0 Å². The van der Waals surface area contributed by atoms with Crippen molar-refractivity contribution in [1.29, 1.82) is 0 Å². The molecule has 2 unspecified atom stereocenters. The molecular formula is C12H23NO2. The van der Waals surface area contributed by atoms with Gasteiger partial charge >= 0.3 is 0 Å².